The van der Waals surface area contributed by atoms with Gasteiger partial charge in [-0.3, -0.25) is 0 Å². The van der Waals surface area contributed by atoms with E-state index in [9.17, 15) is 22.0 Å². The molecule has 2 unspecified atom stereocenters. The highest BCUT2D eigenvalue weighted by Gasteiger charge is 2.33. The van der Waals surface area contributed by atoms with E-state index in [1.165, 1.54) is 6.42 Å². The maximum atomic E-state index is 13.1. The van der Waals surface area contributed by atoms with E-state index in [4.69, 9.17) is 15.7 Å². The number of carbonyl (C=O) groups is 1. The van der Waals surface area contributed by atoms with Crippen molar-refractivity contribution in [2.24, 2.45) is 22.2 Å². The smallest absolute Gasteiger partial charge is 0.404 e. The number of ether oxygens (including phenoxy) is 1. The molecule has 7 nitrogen and oxygen atoms in total. The molecule has 158 valence electrons. The molecule has 28 heavy (non-hydrogen) atoms. The molecule has 0 aliphatic heterocycles. The van der Waals surface area contributed by atoms with E-state index < -0.39 is 38.2 Å². The van der Waals surface area contributed by atoms with Gasteiger partial charge in [0.25, 0.3) is 0 Å². The van der Waals surface area contributed by atoms with Crippen LogP contribution in [0.2, 0.25) is 0 Å². The van der Waals surface area contributed by atoms with E-state index >= 15 is 0 Å². The van der Waals surface area contributed by atoms with Crippen molar-refractivity contribution < 1.29 is 31.9 Å². The Bertz CT molecular complexity index is 820. The highest BCUT2D eigenvalue weighted by atomic mass is 32.2. The fourth-order valence-electron chi connectivity index (χ4n) is 3.52. The zero-order chi connectivity index (χ0) is 21.7. The molecule has 3 N–H and O–H groups in total. The second-order valence-corrected chi connectivity index (χ2v) is 9.68. The molecule has 1 amide bonds. The average molecular weight is 420 g/mol. The van der Waals surface area contributed by atoms with Crippen molar-refractivity contribution in [3.05, 3.63) is 35.4 Å². The molecule has 0 bridgehead atoms. The first-order valence-corrected chi connectivity index (χ1v) is 10.5. The summed E-state index contributed by atoms with van der Waals surface area (Å²) in [6, 6.07) is 2.81. The maximum absolute atomic E-state index is 13.1. The van der Waals surface area contributed by atoms with Crippen LogP contribution >= 0.6 is 0 Å². The Kier molecular flexibility index (Phi) is 7.92. The Morgan fingerprint density at radius 1 is 1.29 bits per heavy atom. The van der Waals surface area contributed by atoms with Crippen molar-refractivity contribution in [3.8, 4) is 0 Å². The van der Waals surface area contributed by atoms with Crippen LogP contribution in [-0.2, 0) is 14.6 Å². The zero-order valence-electron chi connectivity index (χ0n) is 16.3. The third kappa shape index (κ3) is 7.06. The number of nitrogens with two attached hydrogens (primary N) is 1. The number of oxime groups is 1. The first kappa shape index (κ1) is 23.8. The molecule has 0 aromatic heterocycles. The van der Waals surface area contributed by atoms with Gasteiger partial charge in [-0.25, -0.2) is 22.0 Å². The van der Waals surface area contributed by atoms with Gasteiger partial charge < -0.3 is 15.7 Å². The van der Waals surface area contributed by atoms with Gasteiger partial charge in [-0.15, -0.1) is 0 Å². The highest BCUT2D eigenvalue weighted by molar-refractivity contribution is 8.06. The molecule has 0 radical (unpaired) electrons. The fraction of sp³-hybridized carbons (Fsp3) is 0.556. The van der Waals surface area contributed by atoms with E-state index in [-0.39, 0.29) is 11.5 Å². The molecule has 1 aliphatic carbocycles. The molecule has 0 heterocycles. The minimum Gasteiger partial charge on any atom is -0.446 e. The van der Waals surface area contributed by atoms with Crippen LogP contribution in [-0.4, -0.2) is 37.1 Å². The maximum Gasteiger partial charge on any atom is 0.404 e. The van der Waals surface area contributed by atoms with Gasteiger partial charge in [0.05, 0.1) is 5.56 Å². The summed E-state index contributed by atoms with van der Waals surface area (Å²) in [6.45, 7) is 6.61. The second kappa shape index (κ2) is 9.31. The van der Waals surface area contributed by atoms with Crippen molar-refractivity contribution in [3.63, 3.8) is 0 Å². The monoisotopic (exact) mass is 420 g/mol. The number of carbonyl (C=O) groups excluding carboxylic acids is 1. The van der Waals surface area contributed by atoms with E-state index in [0.29, 0.717) is 12.2 Å². The third-order valence-electron chi connectivity index (χ3n) is 4.25. The molecule has 1 saturated carbocycles. The van der Waals surface area contributed by atoms with Gasteiger partial charge in [0.2, 0.25) is 5.04 Å². The van der Waals surface area contributed by atoms with E-state index in [2.05, 4.69) is 25.9 Å². The average Bonchev–Trinajstić information content (AvgIpc) is 2.47. The quantitative estimate of drug-likeness (QED) is 0.329. The first-order valence-electron chi connectivity index (χ1n) is 8.59. The van der Waals surface area contributed by atoms with Crippen molar-refractivity contribution in [2.75, 3.05) is 6.26 Å². The summed E-state index contributed by atoms with van der Waals surface area (Å²) in [5.74, 6) is -1.59. The first-order chi connectivity index (χ1) is 12.8. The number of benzene rings is 1. The number of primary amides is 1. The molecular weight excluding hydrogens is 394 g/mol. The van der Waals surface area contributed by atoms with Crippen molar-refractivity contribution in [2.45, 2.75) is 46.1 Å². The zero-order valence-corrected chi connectivity index (χ0v) is 17.1. The number of amides is 1. The summed E-state index contributed by atoms with van der Waals surface area (Å²) >= 11 is 0. The number of hydrogen-bond acceptors (Lipinski definition) is 6. The topological polar surface area (TPSA) is 119 Å². The van der Waals surface area contributed by atoms with Gasteiger partial charge in [0.15, 0.2) is 9.84 Å². The van der Waals surface area contributed by atoms with E-state index in [1.54, 1.807) is 0 Å². The number of nitrogens with zero attached hydrogens (tertiary/aromatic N) is 1. The van der Waals surface area contributed by atoms with Crippen LogP contribution in [0, 0.1) is 23.0 Å². The molecule has 1 aromatic carbocycles. The standard InChI is InChI=1S/C10H19NO2.C8H7F2NO3S/c1-7-4-8(13-9(11)12)6-10(2,3)5-7;1-15(13,14)8(11-12)7-5(9)3-2-4-6(7)10/h7-8H,4-6H2,1-3H3,(H2,11,12);2-4,12H,1H3. The minimum absolute atomic E-state index is 0.0243. The lowest BCUT2D eigenvalue weighted by molar-refractivity contribution is 0.0230. The predicted octanol–water partition coefficient (Wildman–Crippen LogP) is 3.44. The predicted molar refractivity (Wildman–Crippen MR) is 101 cm³/mol. The fourth-order valence-corrected chi connectivity index (χ4v) is 4.24. The Hall–Kier alpha value is -2.23. The second-order valence-electron chi connectivity index (χ2n) is 7.75. The van der Waals surface area contributed by atoms with Gasteiger partial charge >= 0.3 is 6.09 Å². The molecule has 0 spiro atoms. The number of halogens is 2. The van der Waals surface area contributed by atoms with Crippen molar-refractivity contribution >= 4 is 21.0 Å². The van der Waals surface area contributed by atoms with Gasteiger partial charge in [-0.2, -0.15) is 0 Å². The SMILES string of the molecule is CC1CC(OC(N)=O)CC(C)(C)C1.CS(=O)(=O)C(=NO)c1c(F)cccc1F. The van der Waals surface area contributed by atoms with Gasteiger partial charge in [-0.05, 0) is 42.7 Å². The van der Waals surface area contributed by atoms with Crippen LogP contribution in [0.25, 0.3) is 0 Å². The summed E-state index contributed by atoms with van der Waals surface area (Å²) < 4.78 is 53.4. The highest BCUT2D eigenvalue weighted by Crippen LogP contribution is 2.39. The van der Waals surface area contributed by atoms with Crippen LogP contribution in [0.1, 0.15) is 45.6 Å². The minimum atomic E-state index is -3.99. The van der Waals surface area contributed by atoms with Crippen molar-refractivity contribution in [1.82, 2.24) is 0 Å². The van der Waals surface area contributed by atoms with Gasteiger partial charge in [0, 0.05) is 6.26 Å². The van der Waals surface area contributed by atoms with E-state index in [1.807, 2.05) is 0 Å². The summed E-state index contributed by atoms with van der Waals surface area (Å²) in [5.41, 5.74) is 4.41. The van der Waals surface area contributed by atoms with Gasteiger partial charge in [-0.1, -0.05) is 32.0 Å². The Morgan fingerprint density at radius 3 is 2.21 bits per heavy atom. The van der Waals surface area contributed by atoms with Crippen LogP contribution in [0.3, 0.4) is 0 Å². The lowest BCUT2D eigenvalue weighted by atomic mass is 9.71. The summed E-state index contributed by atoms with van der Waals surface area (Å²) in [5, 5.41) is 9.81. The molecular formula is C18H26F2N2O5S. The summed E-state index contributed by atoms with van der Waals surface area (Å²) in [6.07, 6.45) is 3.15. The van der Waals surface area contributed by atoms with Crippen LogP contribution in [0.15, 0.2) is 23.4 Å². The molecule has 2 atom stereocenters. The van der Waals surface area contributed by atoms with Crippen LogP contribution in [0.5, 0.6) is 0 Å². The normalized spacial score (nSPS) is 22.0. The van der Waals surface area contributed by atoms with Crippen LogP contribution in [0.4, 0.5) is 13.6 Å². The largest absolute Gasteiger partial charge is 0.446 e. The Balaban J connectivity index is 0.000000283. The Labute approximate surface area is 163 Å². The summed E-state index contributed by atoms with van der Waals surface area (Å²) in [7, 11) is -3.99. The lowest BCUT2D eigenvalue weighted by Gasteiger charge is -2.38. The molecule has 1 aliphatic rings. The van der Waals surface area contributed by atoms with Gasteiger partial charge in [0.1, 0.15) is 17.7 Å². The lowest BCUT2D eigenvalue weighted by Crippen LogP contribution is -2.35. The molecule has 1 aromatic rings. The van der Waals surface area contributed by atoms with E-state index in [0.717, 1.165) is 31.0 Å². The number of rotatable bonds is 2. The molecule has 1 fully saturated rings. The van der Waals surface area contributed by atoms with Crippen LogP contribution < -0.4 is 5.73 Å². The summed E-state index contributed by atoms with van der Waals surface area (Å²) in [4.78, 5) is 10.6. The molecule has 10 heteroatoms. The number of sulfone groups is 1. The molecule has 2 rings (SSSR count). The number of hydrogen-bond donors (Lipinski definition) is 2. The molecule has 0 saturated heterocycles. The third-order valence-corrected chi connectivity index (χ3v) is 5.24. The van der Waals surface area contributed by atoms with Crippen molar-refractivity contribution in [1.29, 1.82) is 0 Å². The Morgan fingerprint density at radius 2 is 1.82 bits per heavy atom.